The molecular weight excluding hydrogens is 344 g/mol. The predicted molar refractivity (Wildman–Crippen MR) is 92.0 cm³/mol. The molecular formula is C17H24N2O5S. The fourth-order valence-corrected chi connectivity index (χ4v) is 4.33. The maximum absolute atomic E-state index is 12.6. The van der Waals surface area contributed by atoms with E-state index in [-0.39, 0.29) is 28.0 Å². The van der Waals surface area contributed by atoms with E-state index in [1.54, 1.807) is 0 Å². The Morgan fingerprint density at radius 2 is 2.04 bits per heavy atom. The van der Waals surface area contributed by atoms with Gasteiger partial charge in [0.05, 0.1) is 35.8 Å². The summed E-state index contributed by atoms with van der Waals surface area (Å²) in [5, 5.41) is 8.09. The number of methoxy groups -OCH3 is 1. The van der Waals surface area contributed by atoms with Crippen LogP contribution in [0.3, 0.4) is 0 Å². The van der Waals surface area contributed by atoms with Crippen LogP contribution in [0, 0.1) is 0 Å². The average Bonchev–Trinajstić information content (AvgIpc) is 2.96. The van der Waals surface area contributed by atoms with E-state index in [4.69, 9.17) is 14.6 Å². The number of nitrogens with two attached hydrogens (primary N) is 1. The Labute approximate surface area is 147 Å². The lowest BCUT2D eigenvalue weighted by Gasteiger charge is -2.32. The largest absolute Gasteiger partial charge is 0.496 e. The minimum absolute atomic E-state index is 0.0894. The van der Waals surface area contributed by atoms with Crippen molar-refractivity contribution in [2.45, 2.75) is 55.1 Å². The van der Waals surface area contributed by atoms with Crippen molar-refractivity contribution in [3.8, 4) is 5.75 Å². The minimum atomic E-state index is -3.89. The molecule has 1 aromatic carbocycles. The van der Waals surface area contributed by atoms with Gasteiger partial charge in [-0.15, -0.1) is 0 Å². The predicted octanol–water partition coefficient (Wildman–Crippen LogP) is 1.56. The van der Waals surface area contributed by atoms with Crippen molar-refractivity contribution in [3.63, 3.8) is 0 Å². The van der Waals surface area contributed by atoms with Crippen molar-refractivity contribution in [2.75, 3.05) is 13.7 Å². The first kappa shape index (κ1) is 18.2. The van der Waals surface area contributed by atoms with Gasteiger partial charge in [0.1, 0.15) is 5.75 Å². The summed E-state index contributed by atoms with van der Waals surface area (Å²) >= 11 is 0. The molecule has 0 bridgehead atoms. The highest BCUT2D eigenvalue weighted by Gasteiger charge is 2.41. The van der Waals surface area contributed by atoms with Gasteiger partial charge in [-0.25, -0.2) is 13.6 Å². The molecule has 7 nitrogen and oxygen atoms in total. The number of primary sulfonamides is 1. The molecule has 1 aliphatic heterocycles. The third-order valence-corrected chi connectivity index (χ3v) is 5.96. The molecule has 1 spiro atoms. The van der Waals surface area contributed by atoms with Gasteiger partial charge in [-0.2, -0.15) is 0 Å². The van der Waals surface area contributed by atoms with Crippen LogP contribution in [0.4, 0.5) is 0 Å². The second kappa shape index (κ2) is 6.93. The van der Waals surface area contributed by atoms with Gasteiger partial charge < -0.3 is 14.8 Å². The smallest absolute Gasteiger partial charge is 0.255 e. The van der Waals surface area contributed by atoms with Gasteiger partial charge in [-0.05, 0) is 37.5 Å². The molecule has 3 rings (SSSR count). The van der Waals surface area contributed by atoms with E-state index in [1.165, 1.54) is 31.7 Å². The van der Waals surface area contributed by atoms with E-state index in [1.807, 2.05) is 0 Å². The minimum Gasteiger partial charge on any atom is -0.496 e. The van der Waals surface area contributed by atoms with Crippen LogP contribution in [0.2, 0.25) is 0 Å². The summed E-state index contributed by atoms with van der Waals surface area (Å²) in [6, 6.07) is 3.91. The molecule has 1 aromatic rings. The lowest BCUT2D eigenvalue weighted by atomic mass is 9.82. The number of amides is 1. The van der Waals surface area contributed by atoms with Crippen molar-refractivity contribution in [1.82, 2.24) is 5.32 Å². The van der Waals surface area contributed by atoms with Crippen LogP contribution in [-0.4, -0.2) is 39.7 Å². The zero-order valence-electron chi connectivity index (χ0n) is 14.3. The Kier molecular flexibility index (Phi) is 5.04. The summed E-state index contributed by atoms with van der Waals surface area (Å²) in [4.78, 5) is 12.5. The zero-order valence-corrected chi connectivity index (χ0v) is 15.1. The summed E-state index contributed by atoms with van der Waals surface area (Å²) in [5.41, 5.74) is 0.0431. The van der Waals surface area contributed by atoms with Crippen LogP contribution in [0.1, 0.15) is 48.9 Å². The van der Waals surface area contributed by atoms with Gasteiger partial charge >= 0.3 is 0 Å². The maximum Gasteiger partial charge on any atom is 0.255 e. The standard InChI is InChI=1S/C17H24N2O5S/c1-23-15-6-5-13(25(18,21)22)9-14(15)16(20)19-12-10-17(24-11-12)7-3-2-4-8-17/h5-6,9,12H,2-4,7-8,10-11H2,1H3,(H,19,20)(H2,18,21,22)/t12-/m1/s1. The van der Waals surface area contributed by atoms with Crippen molar-refractivity contribution >= 4 is 15.9 Å². The number of sulfonamides is 1. The lowest BCUT2D eigenvalue weighted by molar-refractivity contribution is -0.0246. The molecule has 0 radical (unpaired) electrons. The van der Waals surface area contributed by atoms with E-state index in [0.717, 1.165) is 32.1 Å². The highest BCUT2D eigenvalue weighted by Crippen LogP contribution is 2.39. The van der Waals surface area contributed by atoms with Gasteiger partial charge in [0, 0.05) is 0 Å². The van der Waals surface area contributed by atoms with Crippen LogP contribution < -0.4 is 15.2 Å². The zero-order chi connectivity index (χ0) is 18.1. The van der Waals surface area contributed by atoms with Crippen LogP contribution in [-0.2, 0) is 14.8 Å². The highest BCUT2D eigenvalue weighted by molar-refractivity contribution is 7.89. The third-order valence-electron chi connectivity index (χ3n) is 5.05. The topological polar surface area (TPSA) is 108 Å². The van der Waals surface area contributed by atoms with Crippen molar-refractivity contribution < 1.29 is 22.7 Å². The quantitative estimate of drug-likeness (QED) is 0.839. The number of rotatable bonds is 4. The molecule has 1 saturated carbocycles. The number of nitrogens with one attached hydrogen (secondary N) is 1. The first-order valence-corrected chi connectivity index (χ1v) is 10.0. The molecule has 2 fully saturated rings. The number of ether oxygens (including phenoxy) is 2. The second-order valence-corrected chi connectivity index (χ2v) is 8.40. The molecule has 1 aliphatic carbocycles. The molecule has 138 valence electrons. The molecule has 2 aliphatic rings. The molecule has 8 heteroatoms. The van der Waals surface area contributed by atoms with Crippen LogP contribution >= 0.6 is 0 Å². The van der Waals surface area contributed by atoms with Crippen LogP contribution in [0.15, 0.2) is 23.1 Å². The monoisotopic (exact) mass is 368 g/mol. The normalized spacial score (nSPS) is 22.7. The highest BCUT2D eigenvalue weighted by atomic mass is 32.2. The lowest BCUT2D eigenvalue weighted by Crippen LogP contribution is -2.37. The third kappa shape index (κ3) is 3.96. The first-order valence-electron chi connectivity index (χ1n) is 8.49. The van der Waals surface area contributed by atoms with Crippen LogP contribution in [0.5, 0.6) is 5.75 Å². The number of hydrogen-bond acceptors (Lipinski definition) is 5. The Bertz CT molecular complexity index is 756. The van der Waals surface area contributed by atoms with E-state index < -0.39 is 10.0 Å². The van der Waals surface area contributed by atoms with Crippen molar-refractivity contribution in [2.24, 2.45) is 5.14 Å². The molecule has 1 saturated heterocycles. The van der Waals surface area contributed by atoms with Gasteiger partial charge in [-0.3, -0.25) is 4.79 Å². The van der Waals surface area contributed by atoms with Gasteiger partial charge in [-0.1, -0.05) is 19.3 Å². The summed E-state index contributed by atoms with van der Waals surface area (Å²) in [6.45, 7) is 0.475. The summed E-state index contributed by atoms with van der Waals surface area (Å²) in [6.07, 6.45) is 6.40. The summed E-state index contributed by atoms with van der Waals surface area (Å²) in [5.74, 6) is -0.0833. The van der Waals surface area contributed by atoms with E-state index in [9.17, 15) is 13.2 Å². The fraction of sp³-hybridized carbons (Fsp3) is 0.588. The Morgan fingerprint density at radius 3 is 2.68 bits per heavy atom. The van der Waals surface area contributed by atoms with E-state index >= 15 is 0 Å². The van der Waals surface area contributed by atoms with Gasteiger partial charge in [0.25, 0.3) is 5.91 Å². The van der Waals surface area contributed by atoms with Gasteiger partial charge in [0.2, 0.25) is 10.0 Å². The molecule has 0 unspecified atom stereocenters. The number of benzene rings is 1. The van der Waals surface area contributed by atoms with Crippen LogP contribution in [0.25, 0.3) is 0 Å². The Balaban J connectivity index is 1.75. The summed E-state index contributed by atoms with van der Waals surface area (Å²) in [7, 11) is -2.46. The SMILES string of the molecule is COc1ccc(S(N)(=O)=O)cc1C(=O)N[C@H]1COC2(CCCCC2)C1. The molecule has 1 amide bonds. The fourth-order valence-electron chi connectivity index (χ4n) is 3.79. The number of carbonyl (C=O) groups is 1. The Morgan fingerprint density at radius 1 is 1.32 bits per heavy atom. The maximum atomic E-state index is 12.6. The average molecular weight is 368 g/mol. The molecule has 0 aromatic heterocycles. The van der Waals surface area contributed by atoms with E-state index in [0.29, 0.717) is 12.4 Å². The number of hydrogen-bond donors (Lipinski definition) is 2. The molecule has 25 heavy (non-hydrogen) atoms. The second-order valence-electron chi connectivity index (χ2n) is 6.84. The van der Waals surface area contributed by atoms with Gasteiger partial charge in [0.15, 0.2) is 0 Å². The Hall–Kier alpha value is -1.64. The van der Waals surface area contributed by atoms with E-state index in [2.05, 4.69) is 5.32 Å². The number of carbonyl (C=O) groups excluding carboxylic acids is 1. The van der Waals surface area contributed by atoms with Crippen molar-refractivity contribution in [3.05, 3.63) is 23.8 Å². The first-order chi connectivity index (χ1) is 11.8. The van der Waals surface area contributed by atoms with Crippen molar-refractivity contribution in [1.29, 1.82) is 0 Å². The summed E-state index contributed by atoms with van der Waals surface area (Å²) < 4.78 is 34.3. The molecule has 1 atom stereocenters. The molecule has 1 heterocycles. The molecule has 3 N–H and O–H groups in total.